The highest BCUT2D eigenvalue weighted by Gasteiger charge is 2.33. The fourth-order valence-electron chi connectivity index (χ4n) is 3.73. The molecular formula is C21H23N3O2. The van der Waals surface area contributed by atoms with Gasteiger partial charge in [-0.1, -0.05) is 42.5 Å². The van der Waals surface area contributed by atoms with Gasteiger partial charge in [0.15, 0.2) is 0 Å². The first-order valence-corrected chi connectivity index (χ1v) is 9.02. The van der Waals surface area contributed by atoms with Crippen molar-refractivity contribution < 1.29 is 9.53 Å². The molecule has 0 radical (unpaired) electrons. The van der Waals surface area contributed by atoms with Crippen LogP contribution in [0.5, 0.6) is 0 Å². The molecule has 3 aromatic rings. The number of rotatable bonds is 6. The topological polar surface area (TPSA) is 47.4 Å². The number of hydrogen-bond acceptors (Lipinski definition) is 3. The predicted molar refractivity (Wildman–Crippen MR) is 101 cm³/mol. The van der Waals surface area contributed by atoms with Gasteiger partial charge in [0.05, 0.1) is 17.6 Å². The summed E-state index contributed by atoms with van der Waals surface area (Å²) in [5.74, 6) is 1.31. The molecule has 0 saturated carbocycles. The summed E-state index contributed by atoms with van der Waals surface area (Å²) in [7, 11) is 1.71. The van der Waals surface area contributed by atoms with Gasteiger partial charge in [-0.3, -0.25) is 4.79 Å². The van der Waals surface area contributed by atoms with E-state index in [0.29, 0.717) is 26.1 Å². The summed E-state index contributed by atoms with van der Waals surface area (Å²) in [6, 6.07) is 18.3. The van der Waals surface area contributed by atoms with E-state index in [-0.39, 0.29) is 11.8 Å². The summed E-state index contributed by atoms with van der Waals surface area (Å²) < 4.78 is 7.49. The monoisotopic (exact) mass is 349 g/mol. The largest absolute Gasteiger partial charge is 0.383 e. The number of para-hydroxylation sites is 2. The minimum atomic E-state index is 0.121. The molecule has 5 nitrogen and oxygen atoms in total. The average Bonchev–Trinajstić information content (AvgIpc) is 3.21. The maximum absolute atomic E-state index is 12.6. The van der Waals surface area contributed by atoms with E-state index in [1.807, 2.05) is 41.3 Å². The van der Waals surface area contributed by atoms with Crippen LogP contribution in [0.1, 0.15) is 23.7 Å². The van der Waals surface area contributed by atoms with Crippen LogP contribution in [0.25, 0.3) is 11.0 Å². The molecule has 5 heteroatoms. The molecule has 2 aromatic carbocycles. The molecule has 1 fully saturated rings. The van der Waals surface area contributed by atoms with Crippen LogP contribution >= 0.6 is 0 Å². The number of benzene rings is 2. The Labute approximate surface area is 153 Å². The number of fused-ring (bicyclic) bond motifs is 1. The standard InChI is InChI=1S/C21H23N3O2/c1-26-12-11-24-19-10-6-5-9-18(19)22-21(24)17-13-20(25)23(15-17)14-16-7-3-2-4-8-16/h2-10,17H,11-15H2,1H3/t17-/m0/s1. The Morgan fingerprint density at radius 3 is 2.69 bits per heavy atom. The van der Waals surface area contributed by atoms with Gasteiger partial charge < -0.3 is 14.2 Å². The lowest BCUT2D eigenvalue weighted by molar-refractivity contribution is -0.128. The third kappa shape index (κ3) is 3.22. The highest BCUT2D eigenvalue weighted by atomic mass is 16.5. The van der Waals surface area contributed by atoms with Crippen molar-refractivity contribution in [2.75, 3.05) is 20.3 Å². The molecule has 1 amide bonds. The van der Waals surface area contributed by atoms with Crippen LogP contribution in [0, 0.1) is 0 Å². The van der Waals surface area contributed by atoms with Gasteiger partial charge in [0.2, 0.25) is 5.91 Å². The molecule has 0 bridgehead atoms. The van der Waals surface area contributed by atoms with Gasteiger partial charge in [-0.05, 0) is 17.7 Å². The van der Waals surface area contributed by atoms with Crippen molar-refractivity contribution in [2.24, 2.45) is 0 Å². The smallest absolute Gasteiger partial charge is 0.223 e. The Kier molecular flexibility index (Phi) is 4.71. The highest BCUT2D eigenvalue weighted by molar-refractivity contribution is 5.81. The van der Waals surface area contributed by atoms with Crippen LogP contribution in [0.15, 0.2) is 54.6 Å². The fraction of sp³-hybridized carbons (Fsp3) is 0.333. The summed E-state index contributed by atoms with van der Waals surface area (Å²) in [5.41, 5.74) is 3.25. The van der Waals surface area contributed by atoms with E-state index >= 15 is 0 Å². The molecule has 26 heavy (non-hydrogen) atoms. The molecule has 1 aromatic heterocycles. The number of methoxy groups -OCH3 is 1. The third-order valence-corrected chi connectivity index (χ3v) is 5.00. The molecule has 0 spiro atoms. The van der Waals surface area contributed by atoms with E-state index in [2.05, 4.69) is 22.8 Å². The van der Waals surface area contributed by atoms with Gasteiger partial charge in [0.25, 0.3) is 0 Å². The molecule has 2 heterocycles. The molecule has 1 saturated heterocycles. The molecule has 4 rings (SSSR count). The number of carbonyl (C=O) groups excluding carboxylic acids is 1. The first-order chi connectivity index (χ1) is 12.8. The zero-order valence-electron chi connectivity index (χ0n) is 15.0. The van der Waals surface area contributed by atoms with Gasteiger partial charge in [-0.15, -0.1) is 0 Å². The van der Waals surface area contributed by atoms with Crippen LogP contribution in [-0.2, 0) is 22.6 Å². The number of imidazole rings is 1. The van der Waals surface area contributed by atoms with Crippen LogP contribution in [0.4, 0.5) is 0 Å². The van der Waals surface area contributed by atoms with E-state index in [0.717, 1.165) is 29.0 Å². The predicted octanol–water partition coefficient (Wildman–Crippen LogP) is 3.20. The average molecular weight is 349 g/mol. The van der Waals surface area contributed by atoms with Crippen LogP contribution in [0.2, 0.25) is 0 Å². The lowest BCUT2D eigenvalue weighted by Gasteiger charge is -2.17. The van der Waals surface area contributed by atoms with Crippen molar-refractivity contribution in [3.63, 3.8) is 0 Å². The second-order valence-electron chi connectivity index (χ2n) is 6.76. The van der Waals surface area contributed by atoms with E-state index in [4.69, 9.17) is 9.72 Å². The lowest BCUT2D eigenvalue weighted by atomic mass is 10.1. The first kappa shape index (κ1) is 16.8. The quantitative estimate of drug-likeness (QED) is 0.687. The van der Waals surface area contributed by atoms with Crippen molar-refractivity contribution in [3.8, 4) is 0 Å². The molecular weight excluding hydrogens is 326 g/mol. The molecule has 1 aliphatic heterocycles. The number of aromatic nitrogens is 2. The van der Waals surface area contributed by atoms with Crippen molar-refractivity contribution in [1.29, 1.82) is 0 Å². The Balaban J connectivity index is 1.60. The molecule has 0 unspecified atom stereocenters. The van der Waals surface area contributed by atoms with Crippen molar-refractivity contribution in [3.05, 3.63) is 66.0 Å². The lowest BCUT2D eigenvalue weighted by Crippen LogP contribution is -2.24. The van der Waals surface area contributed by atoms with E-state index in [1.54, 1.807) is 7.11 Å². The number of ether oxygens (including phenoxy) is 1. The minimum Gasteiger partial charge on any atom is -0.383 e. The molecule has 1 atom stereocenters. The SMILES string of the molecule is COCCn1c([C@H]2CC(=O)N(Cc3ccccc3)C2)nc2ccccc21. The summed E-state index contributed by atoms with van der Waals surface area (Å²) in [4.78, 5) is 19.4. The summed E-state index contributed by atoms with van der Waals surface area (Å²) in [6.07, 6.45) is 0.517. The number of amides is 1. The summed E-state index contributed by atoms with van der Waals surface area (Å²) in [6.45, 7) is 2.75. The van der Waals surface area contributed by atoms with Crippen molar-refractivity contribution >= 4 is 16.9 Å². The maximum atomic E-state index is 12.6. The summed E-state index contributed by atoms with van der Waals surface area (Å²) >= 11 is 0. The number of nitrogens with zero attached hydrogens (tertiary/aromatic N) is 3. The zero-order valence-corrected chi connectivity index (χ0v) is 15.0. The Hall–Kier alpha value is -2.66. The highest BCUT2D eigenvalue weighted by Crippen LogP contribution is 2.31. The molecule has 134 valence electrons. The van der Waals surface area contributed by atoms with Gasteiger partial charge in [0.1, 0.15) is 5.82 Å². The minimum absolute atomic E-state index is 0.121. The second-order valence-corrected chi connectivity index (χ2v) is 6.76. The Morgan fingerprint density at radius 1 is 1.12 bits per heavy atom. The number of likely N-dealkylation sites (tertiary alicyclic amines) is 1. The van der Waals surface area contributed by atoms with Crippen molar-refractivity contribution in [2.45, 2.75) is 25.4 Å². The Bertz CT molecular complexity index is 904. The van der Waals surface area contributed by atoms with Gasteiger partial charge >= 0.3 is 0 Å². The Morgan fingerprint density at radius 2 is 1.88 bits per heavy atom. The number of hydrogen-bond donors (Lipinski definition) is 0. The number of carbonyl (C=O) groups is 1. The zero-order chi connectivity index (χ0) is 17.9. The maximum Gasteiger partial charge on any atom is 0.223 e. The second kappa shape index (κ2) is 7.30. The molecule has 1 aliphatic rings. The van der Waals surface area contributed by atoms with Crippen LogP contribution < -0.4 is 0 Å². The molecule has 0 N–H and O–H groups in total. The van der Waals surface area contributed by atoms with E-state index in [1.165, 1.54) is 0 Å². The third-order valence-electron chi connectivity index (χ3n) is 5.00. The van der Waals surface area contributed by atoms with E-state index in [9.17, 15) is 4.79 Å². The van der Waals surface area contributed by atoms with Gasteiger partial charge in [-0.2, -0.15) is 0 Å². The van der Waals surface area contributed by atoms with Gasteiger partial charge in [0, 0.05) is 39.1 Å². The van der Waals surface area contributed by atoms with Crippen LogP contribution in [-0.4, -0.2) is 40.6 Å². The first-order valence-electron chi connectivity index (χ1n) is 9.02. The van der Waals surface area contributed by atoms with Crippen LogP contribution in [0.3, 0.4) is 0 Å². The van der Waals surface area contributed by atoms with Crippen molar-refractivity contribution in [1.82, 2.24) is 14.5 Å². The molecule has 0 aliphatic carbocycles. The normalized spacial score (nSPS) is 17.3. The van der Waals surface area contributed by atoms with Gasteiger partial charge in [-0.25, -0.2) is 4.98 Å². The van der Waals surface area contributed by atoms with E-state index < -0.39 is 0 Å². The fourth-order valence-corrected chi connectivity index (χ4v) is 3.73. The summed E-state index contributed by atoms with van der Waals surface area (Å²) in [5, 5.41) is 0.